The molecular weight excluding hydrogens is 502 g/mol. The number of fused-ring (bicyclic) bond motifs is 3. The van der Waals surface area contributed by atoms with E-state index < -0.39 is 0 Å². The molecule has 0 radical (unpaired) electrons. The Hall–Kier alpha value is -3.10. The van der Waals surface area contributed by atoms with Gasteiger partial charge in [-0.15, -0.1) is 0 Å². The molecule has 8 heteroatoms. The predicted octanol–water partition coefficient (Wildman–Crippen LogP) is 3.76. The third-order valence-corrected chi connectivity index (χ3v) is 9.61. The minimum Gasteiger partial charge on any atom is -0.383 e. The molecule has 3 fully saturated rings. The van der Waals surface area contributed by atoms with E-state index >= 15 is 0 Å². The highest BCUT2D eigenvalue weighted by Crippen LogP contribution is 2.47. The molecule has 2 aromatic carbocycles. The Morgan fingerprint density at radius 2 is 1.70 bits per heavy atom. The standard InChI is InChI=1S/C32H43N5O3/c1-35-17-19-36(20-18-35)23-13-11-22(12-14-23)31(38)34-28-10-6-4-8-26(28)32(39)37-16-15-25-29(21-40-2)33-27-9-5-3-7-24(27)30(25)37/h3,5,7,9,11-14,25-26,28-30,33H,4,6,8,10,15-21H2,1-2H3,(H,34,38)/t25-,26+,28-,29+,30+/m1/s1. The molecule has 6 rings (SSSR count). The number of carbonyl (C=O) groups excluding carboxylic acids is 2. The molecule has 2 N–H and O–H groups in total. The maximum atomic E-state index is 14.2. The molecule has 2 aromatic rings. The first-order valence-corrected chi connectivity index (χ1v) is 15.0. The average Bonchev–Trinajstić information content (AvgIpc) is 3.44. The van der Waals surface area contributed by atoms with Gasteiger partial charge in [0.2, 0.25) is 5.91 Å². The number of ether oxygens (including phenoxy) is 1. The molecule has 214 valence electrons. The van der Waals surface area contributed by atoms with Crippen molar-refractivity contribution in [2.75, 3.05) is 63.7 Å². The van der Waals surface area contributed by atoms with Crippen molar-refractivity contribution in [3.63, 3.8) is 0 Å². The van der Waals surface area contributed by atoms with Crippen molar-refractivity contribution in [3.8, 4) is 0 Å². The van der Waals surface area contributed by atoms with E-state index in [1.807, 2.05) is 18.2 Å². The number of amides is 2. The van der Waals surface area contributed by atoms with Crippen LogP contribution in [0.1, 0.15) is 54.1 Å². The normalized spacial score (nSPS) is 28.4. The summed E-state index contributed by atoms with van der Waals surface area (Å²) in [5.41, 5.74) is 4.11. The largest absolute Gasteiger partial charge is 0.383 e. The van der Waals surface area contributed by atoms with Crippen molar-refractivity contribution in [3.05, 3.63) is 59.7 Å². The van der Waals surface area contributed by atoms with Crippen LogP contribution in [0.5, 0.6) is 0 Å². The van der Waals surface area contributed by atoms with Gasteiger partial charge in [0.1, 0.15) is 0 Å². The van der Waals surface area contributed by atoms with Gasteiger partial charge in [-0.25, -0.2) is 0 Å². The van der Waals surface area contributed by atoms with Crippen molar-refractivity contribution >= 4 is 23.2 Å². The molecule has 0 spiro atoms. The van der Waals surface area contributed by atoms with Crippen LogP contribution in [-0.4, -0.2) is 87.2 Å². The minimum atomic E-state index is -0.191. The molecule has 2 amide bonds. The van der Waals surface area contributed by atoms with Gasteiger partial charge in [-0.3, -0.25) is 9.59 Å². The second-order valence-electron chi connectivity index (χ2n) is 12.0. The fourth-order valence-electron chi connectivity index (χ4n) is 7.37. The third kappa shape index (κ3) is 5.31. The number of likely N-dealkylation sites (tertiary alicyclic amines) is 1. The van der Waals surface area contributed by atoms with E-state index in [-0.39, 0.29) is 35.9 Å². The first kappa shape index (κ1) is 27.1. The molecule has 1 saturated carbocycles. The maximum Gasteiger partial charge on any atom is 0.251 e. The van der Waals surface area contributed by atoms with E-state index in [2.05, 4.69) is 62.7 Å². The van der Waals surface area contributed by atoms with Crippen LogP contribution in [0, 0.1) is 11.8 Å². The maximum absolute atomic E-state index is 14.2. The fraction of sp³-hybridized carbons (Fsp3) is 0.562. The molecule has 5 atom stereocenters. The summed E-state index contributed by atoms with van der Waals surface area (Å²) in [7, 11) is 3.89. The number of carbonyl (C=O) groups is 2. The highest BCUT2D eigenvalue weighted by Gasteiger charge is 2.48. The molecule has 1 aliphatic carbocycles. The van der Waals surface area contributed by atoms with Gasteiger partial charge in [0.05, 0.1) is 24.6 Å². The lowest BCUT2D eigenvalue weighted by molar-refractivity contribution is -0.139. The number of methoxy groups -OCH3 is 1. The SMILES string of the molecule is COC[C@@H]1Nc2ccccc2[C@H]2[C@@H]1CCN2C(=O)[C@H]1CCCC[C@H]1NC(=O)c1ccc(N2CCN(C)CC2)cc1. The fourth-order valence-corrected chi connectivity index (χ4v) is 7.37. The Morgan fingerprint density at radius 1 is 0.950 bits per heavy atom. The third-order valence-electron chi connectivity index (χ3n) is 9.61. The summed E-state index contributed by atoms with van der Waals surface area (Å²) in [6, 6.07) is 16.4. The smallest absolute Gasteiger partial charge is 0.251 e. The zero-order valence-corrected chi connectivity index (χ0v) is 23.9. The second kappa shape index (κ2) is 11.8. The highest BCUT2D eigenvalue weighted by molar-refractivity contribution is 5.95. The number of hydrogen-bond donors (Lipinski definition) is 2. The van der Waals surface area contributed by atoms with Gasteiger partial charge >= 0.3 is 0 Å². The topological polar surface area (TPSA) is 77.1 Å². The average molecular weight is 546 g/mol. The molecule has 0 aromatic heterocycles. The first-order valence-electron chi connectivity index (χ1n) is 15.0. The molecule has 3 heterocycles. The zero-order valence-electron chi connectivity index (χ0n) is 23.9. The van der Waals surface area contributed by atoms with Crippen molar-refractivity contribution in [2.45, 2.75) is 50.2 Å². The summed E-state index contributed by atoms with van der Waals surface area (Å²) in [6.07, 6.45) is 4.67. The predicted molar refractivity (Wildman–Crippen MR) is 158 cm³/mol. The number of anilines is 2. The first-order chi connectivity index (χ1) is 19.5. The van der Waals surface area contributed by atoms with Crippen LogP contribution in [0.4, 0.5) is 11.4 Å². The van der Waals surface area contributed by atoms with E-state index in [4.69, 9.17) is 4.74 Å². The van der Waals surface area contributed by atoms with Crippen LogP contribution in [-0.2, 0) is 9.53 Å². The van der Waals surface area contributed by atoms with Gasteiger partial charge in [0, 0.05) is 68.7 Å². The van der Waals surface area contributed by atoms with Crippen molar-refractivity contribution < 1.29 is 14.3 Å². The number of rotatable bonds is 6. The van der Waals surface area contributed by atoms with E-state index in [1.165, 1.54) is 5.56 Å². The molecule has 0 unspecified atom stereocenters. The van der Waals surface area contributed by atoms with Crippen LogP contribution in [0.2, 0.25) is 0 Å². The minimum absolute atomic E-state index is 0.0468. The summed E-state index contributed by atoms with van der Waals surface area (Å²) < 4.78 is 5.55. The number of nitrogens with one attached hydrogen (secondary N) is 2. The van der Waals surface area contributed by atoms with Crippen molar-refractivity contribution in [2.24, 2.45) is 11.8 Å². The number of benzene rings is 2. The van der Waals surface area contributed by atoms with Gasteiger partial charge < -0.3 is 30.1 Å². The Morgan fingerprint density at radius 3 is 2.48 bits per heavy atom. The van der Waals surface area contributed by atoms with Crippen LogP contribution in [0.3, 0.4) is 0 Å². The number of piperazine rings is 1. The number of likely N-dealkylation sites (N-methyl/N-ethyl adjacent to an activating group) is 1. The zero-order chi connectivity index (χ0) is 27.6. The Labute approximate surface area is 238 Å². The summed E-state index contributed by atoms with van der Waals surface area (Å²) >= 11 is 0. The number of para-hydroxylation sites is 1. The molecule has 8 nitrogen and oxygen atoms in total. The van der Waals surface area contributed by atoms with E-state index in [0.717, 1.165) is 76.2 Å². The van der Waals surface area contributed by atoms with E-state index in [9.17, 15) is 9.59 Å². The van der Waals surface area contributed by atoms with Gasteiger partial charge in [0.15, 0.2) is 0 Å². The summed E-state index contributed by atoms with van der Waals surface area (Å²) in [5, 5.41) is 6.94. The lowest BCUT2D eigenvalue weighted by Gasteiger charge is -2.41. The van der Waals surface area contributed by atoms with Gasteiger partial charge in [-0.1, -0.05) is 31.0 Å². The Balaban J connectivity index is 1.16. The number of nitrogens with zero attached hydrogens (tertiary/aromatic N) is 3. The van der Waals surface area contributed by atoms with Crippen molar-refractivity contribution in [1.29, 1.82) is 0 Å². The van der Waals surface area contributed by atoms with Crippen LogP contribution in [0.15, 0.2) is 48.5 Å². The van der Waals surface area contributed by atoms with Crippen molar-refractivity contribution in [1.82, 2.24) is 15.1 Å². The summed E-state index contributed by atoms with van der Waals surface area (Å²) in [6.45, 7) is 5.46. The van der Waals surface area contributed by atoms with Crippen LogP contribution < -0.4 is 15.5 Å². The molecular formula is C32H43N5O3. The Bertz CT molecular complexity index is 1200. The lowest BCUT2D eigenvalue weighted by Crippen LogP contribution is -2.50. The molecule has 40 heavy (non-hydrogen) atoms. The quantitative estimate of drug-likeness (QED) is 0.576. The molecule has 4 aliphatic rings. The Kier molecular flexibility index (Phi) is 7.98. The lowest BCUT2D eigenvalue weighted by atomic mass is 9.81. The summed E-state index contributed by atoms with van der Waals surface area (Å²) in [5.74, 6) is 0.232. The van der Waals surface area contributed by atoms with Gasteiger partial charge in [-0.2, -0.15) is 0 Å². The number of hydrogen-bond acceptors (Lipinski definition) is 6. The molecule has 0 bridgehead atoms. The second-order valence-corrected chi connectivity index (χ2v) is 12.0. The molecule has 2 saturated heterocycles. The van der Waals surface area contributed by atoms with Gasteiger partial charge in [0.25, 0.3) is 5.91 Å². The van der Waals surface area contributed by atoms with Gasteiger partial charge in [-0.05, 0) is 62.2 Å². The molecule has 3 aliphatic heterocycles. The summed E-state index contributed by atoms with van der Waals surface area (Å²) in [4.78, 5) is 34.4. The van der Waals surface area contributed by atoms with E-state index in [0.29, 0.717) is 18.1 Å². The van der Waals surface area contributed by atoms with Crippen LogP contribution >= 0.6 is 0 Å². The van der Waals surface area contributed by atoms with E-state index in [1.54, 1.807) is 7.11 Å². The monoisotopic (exact) mass is 545 g/mol. The van der Waals surface area contributed by atoms with Crippen LogP contribution in [0.25, 0.3) is 0 Å². The highest BCUT2D eigenvalue weighted by atomic mass is 16.5.